The van der Waals surface area contributed by atoms with Crippen molar-refractivity contribution in [2.75, 3.05) is 46.8 Å². The molecule has 0 unspecified atom stereocenters. The van der Waals surface area contributed by atoms with E-state index in [1.54, 1.807) is 14.1 Å². The lowest BCUT2D eigenvalue weighted by molar-refractivity contribution is -0.115. The van der Waals surface area contributed by atoms with E-state index in [0.29, 0.717) is 29.1 Å². The number of amides is 1. The van der Waals surface area contributed by atoms with Crippen LogP contribution in [0.2, 0.25) is 0 Å². The van der Waals surface area contributed by atoms with Gasteiger partial charge in [-0.05, 0) is 24.7 Å². The number of hydrogen-bond donors (Lipinski definition) is 1. The van der Waals surface area contributed by atoms with Crippen LogP contribution in [0, 0.1) is 0 Å². The number of rotatable bonds is 4. The average Bonchev–Trinajstić information content (AvgIpc) is 3.07. The molecule has 1 N–H and O–H groups in total. The van der Waals surface area contributed by atoms with Crippen molar-refractivity contribution in [1.29, 1.82) is 0 Å². The van der Waals surface area contributed by atoms with Crippen LogP contribution in [-0.2, 0) is 11.3 Å². The van der Waals surface area contributed by atoms with Crippen molar-refractivity contribution in [2.45, 2.75) is 13.5 Å². The summed E-state index contributed by atoms with van der Waals surface area (Å²) in [5, 5.41) is 0.863. The molecule has 9 heteroatoms. The fourth-order valence-corrected chi connectivity index (χ4v) is 3.58. The number of nitrogens with one attached hydrogen (secondary N) is 1. The highest BCUT2D eigenvalue weighted by Crippen LogP contribution is 2.27. The van der Waals surface area contributed by atoms with Crippen molar-refractivity contribution >= 4 is 44.4 Å². The van der Waals surface area contributed by atoms with Gasteiger partial charge in [0.25, 0.3) is 5.56 Å². The van der Waals surface area contributed by atoms with Gasteiger partial charge in [0.05, 0.1) is 6.54 Å². The van der Waals surface area contributed by atoms with E-state index in [4.69, 9.17) is 4.42 Å². The maximum absolute atomic E-state index is 12.4. The van der Waals surface area contributed by atoms with Crippen LogP contribution >= 0.6 is 15.9 Å². The topological polar surface area (TPSA) is 85.7 Å². The highest BCUT2D eigenvalue weighted by molar-refractivity contribution is 9.10. The lowest BCUT2D eigenvalue weighted by Crippen LogP contribution is -2.45. The van der Waals surface area contributed by atoms with E-state index < -0.39 is 0 Å². The summed E-state index contributed by atoms with van der Waals surface area (Å²) >= 11 is 3.46. The molecule has 156 valence electrons. The maximum atomic E-state index is 12.4. The first-order valence-corrected chi connectivity index (χ1v) is 10.4. The minimum Gasteiger partial charge on any atom is -0.449 e. The van der Waals surface area contributed by atoms with E-state index in [-0.39, 0.29) is 5.56 Å². The van der Waals surface area contributed by atoms with Crippen LogP contribution in [0.3, 0.4) is 0 Å². The zero-order valence-electron chi connectivity index (χ0n) is 16.9. The molecule has 4 rings (SSSR count). The Morgan fingerprint density at radius 1 is 1.24 bits per heavy atom. The summed E-state index contributed by atoms with van der Waals surface area (Å²) in [6.07, 6.45) is 0.750. The SMILES string of the molecule is CCN1CCN(Cc2nc3c(oc4ccc(Br)cc43)c(=O)[nH]2)CC1.CN(C)C=O. The summed E-state index contributed by atoms with van der Waals surface area (Å²) in [6.45, 7) is 8.04. The van der Waals surface area contributed by atoms with Crippen molar-refractivity contribution in [1.82, 2.24) is 24.7 Å². The number of piperazine rings is 1. The van der Waals surface area contributed by atoms with Crippen molar-refractivity contribution in [2.24, 2.45) is 0 Å². The molecule has 29 heavy (non-hydrogen) atoms. The number of aromatic amines is 1. The van der Waals surface area contributed by atoms with Gasteiger partial charge in [0.15, 0.2) is 0 Å². The number of halogens is 1. The number of hydrogen-bond acceptors (Lipinski definition) is 6. The summed E-state index contributed by atoms with van der Waals surface area (Å²) in [5.41, 5.74) is 1.40. The van der Waals surface area contributed by atoms with Gasteiger partial charge >= 0.3 is 0 Å². The van der Waals surface area contributed by atoms with E-state index in [2.05, 4.69) is 42.6 Å². The molecule has 0 bridgehead atoms. The van der Waals surface area contributed by atoms with E-state index >= 15 is 0 Å². The van der Waals surface area contributed by atoms with Crippen LogP contribution in [0.5, 0.6) is 0 Å². The molecule has 1 fully saturated rings. The molecule has 0 spiro atoms. The second kappa shape index (κ2) is 9.51. The molecular formula is C20H26BrN5O3. The Morgan fingerprint density at radius 3 is 2.52 bits per heavy atom. The number of nitrogens with zero attached hydrogens (tertiary/aromatic N) is 4. The zero-order chi connectivity index (χ0) is 21.0. The molecule has 0 atom stereocenters. The lowest BCUT2D eigenvalue weighted by Gasteiger charge is -2.33. The number of H-pyrrole nitrogens is 1. The fourth-order valence-electron chi connectivity index (χ4n) is 3.22. The lowest BCUT2D eigenvalue weighted by atomic mass is 10.2. The monoisotopic (exact) mass is 463 g/mol. The van der Waals surface area contributed by atoms with Gasteiger partial charge in [0, 0.05) is 50.1 Å². The van der Waals surface area contributed by atoms with Crippen LogP contribution in [0.15, 0.2) is 31.9 Å². The number of carbonyl (C=O) groups is 1. The van der Waals surface area contributed by atoms with E-state index in [0.717, 1.165) is 49.0 Å². The minimum absolute atomic E-state index is 0.213. The first-order valence-electron chi connectivity index (χ1n) is 9.58. The number of fused-ring (bicyclic) bond motifs is 3. The molecule has 0 saturated carbocycles. The summed E-state index contributed by atoms with van der Waals surface area (Å²) in [6, 6.07) is 5.69. The van der Waals surface area contributed by atoms with Crippen molar-refractivity contribution in [3.05, 3.63) is 38.9 Å². The Hall–Kier alpha value is -2.23. The van der Waals surface area contributed by atoms with Gasteiger partial charge in [-0.1, -0.05) is 22.9 Å². The Bertz CT molecular complexity index is 1040. The Kier molecular flexibility index (Phi) is 7.05. The van der Waals surface area contributed by atoms with Gasteiger partial charge in [-0.3, -0.25) is 14.5 Å². The van der Waals surface area contributed by atoms with E-state index in [9.17, 15) is 9.59 Å². The number of likely N-dealkylation sites (N-methyl/N-ethyl adjacent to an activating group) is 1. The van der Waals surface area contributed by atoms with Gasteiger partial charge in [0.2, 0.25) is 12.0 Å². The molecule has 1 amide bonds. The average molecular weight is 464 g/mol. The molecule has 3 heterocycles. The summed E-state index contributed by atoms with van der Waals surface area (Å²) < 4.78 is 6.61. The van der Waals surface area contributed by atoms with Crippen LogP contribution in [0.1, 0.15) is 12.7 Å². The third-order valence-electron chi connectivity index (χ3n) is 4.83. The number of carbonyl (C=O) groups excluding carboxylic acids is 1. The van der Waals surface area contributed by atoms with Crippen molar-refractivity contribution in [3.63, 3.8) is 0 Å². The largest absolute Gasteiger partial charge is 0.449 e. The zero-order valence-corrected chi connectivity index (χ0v) is 18.5. The third-order valence-corrected chi connectivity index (χ3v) is 5.32. The molecule has 0 aliphatic carbocycles. The standard InChI is InChI=1S/C17H19BrN4O2.C3H7NO/c1-2-21-5-7-22(8-6-21)10-14-19-15-12-9-11(18)3-4-13(12)24-16(15)17(23)20-14;1-4(2)3-5/h3-4,9H,2,5-8,10H2,1H3,(H,19,20,23);3H,1-2H3. The first-order chi connectivity index (χ1) is 13.9. The Morgan fingerprint density at radius 2 is 1.90 bits per heavy atom. The normalized spacial score (nSPS) is 15.3. The quantitative estimate of drug-likeness (QED) is 0.597. The van der Waals surface area contributed by atoms with Crippen molar-refractivity contribution in [3.8, 4) is 0 Å². The predicted molar refractivity (Wildman–Crippen MR) is 117 cm³/mol. The summed E-state index contributed by atoms with van der Waals surface area (Å²) in [7, 11) is 3.38. The molecule has 8 nitrogen and oxygen atoms in total. The second-order valence-electron chi connectivity index (χ2n) is 7.21. The van der Waals surface area contributed by atoms with Gasteiger partial charge in [0.1, 0.15) is 16.9 Å². The molecule has 0 radical (unpaired) electrons. The summed E-state index contributed by atoms with van der Waals surface area (Å²) in [4.78, 5) is 35.5. The highest BCUT2D eigenvalue weighted by atomic mass is 79.9. The summed E-state index contributed by atoms with van der Waals surface area (Å²) in [5.74, 6) is 0.695. The first kappa shape index (κ1) is 21.5. The molecule has 2 aromatic heterocycles. The van der Waals surface area contributed by atoms with Crippen LogP contribution in [-0.4, -0.2) is 77.9 Å². The van der Waals surface area contributed by atoms with Crippen LogP contribution in [0.25, 0.3) is 22.1 Å². The maximum Gasteiger partial charge on any atom is 0.294 e. The van der Waals surface area contributed by atoms with Gasteiger partial charge in [-0.15, -0.1) is 0 Å². The van der Waals surface area contributed by atoms with Gasteiger partial charge in [-0.25, -0.2) is 4.98 Å². The third kappa shape index (κ3) is 5.23. The van der Waals surface area contributed by atoms with Gasteiger partial charge in [-0.2, -0.15) is 0 Å². The molecular weight excluding hydrogens is 438 g/mol. The molecule has 1 saturated heterocycles. The van der Waals surface area contributed by atoms with Crippen LogP contribution in [0.4, 0.5) is 0 Å². The van der Waals surface area contributed by atoms with Gasteiger partial charge < -0.3 is 19.2 Å². The molecule has 1 aromatic carbocycles. The Labute approximate surface area is 177 Å². The van der Waals surface area contributed by atoms with Crippen LogP contribution < -0.4 is 5.56 Å². The fraction of sp³-hybridized carbons (Fsp3) is 0.450. The highest BCUT2D eigenvalue weighted by Gasteiger charge is 2.18. The van der Waals surface area contributed by atoms with E-state index in [1.165, 1.54) is 4.90 Å². The predicted octanol–water partition coefficient (Wildman–Crippen LogP) is 2.27. The molecule has 3 aromatic rings. The van der Waals surface area contributed by atoms with E-state index in [1.807, 2.05) is 18.2 Å². The Balaban J connectivity index is 0.000000431. The molecule has 1 aliphatic heterocycles. The molecule has 1 aliphatic rings. The minimum atomic E-state index is -0.213. The number of benzene rings is 1. The number of furan rings is 1. The second-order valence-corrected chi connectivity index (χ2v) is 8.13. The smallest absolute Gasteiger partial charge is 0.294 e. The van der Waals surface area contributed by atoms with Crippen molar-refractivity contribution < 1.29 is 9.21 Å². The number of aromatic nitrogens is 2.